The Morgan fingerprint density at radius 3 is 2.68 bits per heavy atom. The minimum Gasteiger partial charge on any atom is -0.497 e. The maximum atomic E-state index is 12.0. The van der Waals surface area contributed by atoms with Crippen molar-refractivity contribution in [2.75, 3.05) is 24.8 Å². The van der Waals surface area contributed by atoms with Crippen molar-refractivity contribution in [2.45, 2.75) is 13.8 Å². The number of carbonyl (C=O) groups excluding carboxylic acids is 1. The third-order valence-corrected chi connectivity index (χ3v) is 3.45. The van der Waals surface area contributed by atoms with E-state index in [0.29, 0.717) is 22.9 Å². The van der Waals surface area contributed by atoms with Gasteiger partial charge in [-0.3, -0.25) is 4.79 Å². The molecule has 2 aromatic rings. The summed E-state index contributed by atoms with van der Waals surface area (Å²) in [6.07, 6.45) is 0. The first-order chi connectivity index (χ1) is 10.5. The summed E-state index contributed by atoms with van der Waals surface area (Å²) in [7, 11) is 1.56. The molecule has 22 heavy (non-hydrogen) atoms. The Bertz CT molecular complexity index is 684. The lowest BCUT2D eigenvalue weighted by molar-refractivity contribution is -0.118. The molecule has 0 heterocycles. The number of aryl methyl sites for hydroxylation is 1. The van der Waals surface area contributed by atoms with Crippen molar-refractivity contribution in [3.05, 3.63) is 47.5 Å². The van der Waals surface area contributed by atoms with Crippen LogP contribution in [-0.2, 0) is 4.79 Å². The molecule has 0 saturated carbocycles. The average molecular weight is 300 g/mol. The Hall–Kier alpha value is -2.69. The van der Waals surface area contributed by atoms with Crippen LogP contribution in [0.15, 0.2) is 36.4 Å². The molecule has 116 valence electrons. The highest BCUT2D eigenvalue weighted by atomic mass is 16.5. The van der Waals surface area contributed by atoms with Crippen LogP contribution in [0.2, 0.25) is 0 Å². The second-order valence-electron chi connectivity index (χ2n) is 4.99. The molecular formula is C17H20N2O3. The maximum absolute atomic E-state index is 12.0. The molecule has 2 aromatic carbocycles. The standard InChI is InChI=1S/C17H20N2O3/c1-11-5-4-6-16(12(11)2)22-10-17(20)19-15-8-7-13(21-3)9-14(15)18/h4-9H,10,18H2,1-3H3,(H,19,20). The van der Waals surface area contributed by atoms with Gasteiger partial charge in [-0.2, -0.15) is 0 Å². The Kier molecular flexibility index (Phi) is 4.88. The molecule has 3 N–H and O–H groups in total. The predicted molar refractivity (Wildman–Crippen MR) is 87.4 cm³/mol. The number of amides is 1. The van der Waals surface area contributed by atoms with Gasteiger partial charge in [-0.25, -0.2) is 0 Å². The van der Waals surface area contributed by atoms with Gasteiger partial charge in [0.05, 0.1) is 18.5 Å². The molecule has 5 heteroatoms. The zero-order chi connectivity index (χ0) is 16.1. The topological polar surface area (TPSA) is 73.6 Å². The van der Waals surface area contributed by atoms with E-state index in [0.717, 1.165) is 11.1 Å². The Balaban J connectivity index is 1.97. The molecule has 0 aromatic heterocycles. The van der Waals surface area contributed by atoms with E-state index in [1.807, 2.05) is 32.0 Å². The van der Waals surface area contributed by atoms with E-state index < -0.39 is 0 Å². The third-order valence-electron chi connectivity index (χ3n) is 3.45. The summed E-state index contributed by atoms with van der Waals surface area (Å²) in [6, 6.07) is 10.8. The number of benzene rings is 2. The molecule has 0 aliphatic carbocycles. The van der Waals surface area contributed by atoms with Crippen molar-refractivity contribution in [3.8, 4) is 11.5 Å². The van der Waals surface area contributed by atoms with Crippen LogP contribution in [0.25, 0.3) is 0 Å². The molecule has 1 amide bonds. The molecule has 0 aliphatic heterocycles. The molecule has 0 atom stereocenters. The summed E-state index contributed by atoms with van der Waals surface area (Å²) >= 11 is 0. The van der Waals surface area contributed by atoms with E-state index in [9.17, 15) is 4.79 Å². The van der Waals surface area contributed by atoms with E-state index in [4.69, 9.17) is 15.2 Å². The molecule has 0 fully saturated rings. The SMILES string of the molecule is COc1ccc(NC(=O)COc2cccc(C)c2C)c(N)c1. The number of hydrogen-bond acceptors (Lipinski definition) is 4. The smallest absolute Gasteiger partial charge is 0.262 e. The molecule has 2 rings (SSSR count). The number of ether oxygens (including phenoxy) is 2. The van der Waals surface area contributed by atoms with Gasteiger partial charge < -0.3 is 20.5 Å². The number of nitrogen functional groups attached to an aromatic ring is 1. The molecular weight excluding hydrogens is 280 g/mol. The van der Waals surface area contributed by atoms with Gasteiger partial charge >= 0.3 is 0 Å². The number of methoxy groups -OCH3 is 1. The largest absolute Gasteiger partial charge is 0.497 e. The van der Waals surface area contributed by atoms with E-state index >= 15 is 0 Å². The van der Waals surface area contributed by atoms with Crippen LogP contribution in [0.5, 0.6) is 11.5 Å². The summed E-state index contributed by atoms with van der Waals surface area (Å²) < 4.78 is 10.6. The van der Waals surface area contributed by atoms with Crippen molar-refractivity contribution in [3.63, 3.8) is 0 Å². The molecule has 0 aliphatic rings. The summed E-state index contributed by atoms with van der Waals surface area (Å²) in [6.45, 7) is 3.89. The fourth-order valence-corrected chi connectivity index (χ4v) is 1.99. The van der Waals surface area contributed by atoms with Crippen LogP contribution in [0.4, 0.5) is 11.4 Å². The normalized spacial score (nSPS) is 10.1. The van der Waals surface area contributed by atoms with Gasteiger partial charge in [0.25, 0.3) is 5.91 Å². The van der Waals surface area contributed by atoms with Crippen molar-refractivity contribution in [1.29, 1.82) is 0 Å². The van der Waals surface area contributed by atoms with E-state index in [-0.39, 0.29) is 12.5 Å². The van der Waals surface area contributed by atoms with Gasteiger partial charge in [-0.1, -0.05) is 12.1 Å². The Morgan fingerprint density at radius 2 is 2.00 bits per heavy atom. The summed E-state index contributed by atoms with van der Waals surface area (Å²) in [5.74, 6) is 1.08. The highest BCUT2D eigenvalue weighted by Gasteiger charge is 2.08. The predicted octanol–water partition coefficient (Wildman–Crippen LogP) is 2.91. The van der Waals surface area contributed by atoms with Gasteiger partial charge in [-0.15, -0.1) is 0 Å². The number of nitrogens with one attached hydrogen (secondary N) is 1. The van der Waals surface area contributed by atoms with Crippen molar-refractivity contribution < 1.29 is 14.3 Å². The Morgan fingerprint density at radius 1 is 1.23 bits per heavy atom. The quantitative estimate of drug-likeness (QED) is 0.833. The lowest BCUT2D eigenvalue weighted by atomic mass is 10.1. The van der Waals surface area contributed by atoms with Gasteiger partial charge in [-0.05, 0) is 43.2 Å². The molecule has 0 radical (unpaired) electrons. The van der Waals surface area contributed by atoms with Crippen LogP contribution in [0, 0.1) is 13.8 Å². The molecule has 0 unspecified atom stereocenters. The number of carbonyl (C=O) groups is 1. The summed E-state index contributed by atoms with van der Waals surface area (Å²) in [5.41, 5.74) is 8.99. The van der Waals surface area contributed by atoms with Crippen LogP contribution in [-0.4, -0.2) is 19.6 Å². The minimum absolute atomic E-state index is 0.0736. The fourth-order valence-electron chi connectivity index (χ4n) is 1.99. The molecule has 0 spiro atoms. The van der Waals surface area contributed by atoms with E-state index in [2.05, 4.69) is 5.32 Å². The van der Waals surface area contributed by atoms with Crippen LogP contribution in [0.3, 0.4) is 0 Å². The first kappa shape index (κ1) is 15.7. The first-order valence-corrected chi connectivity index (χ1v) is 6.93. The molecule has 5 nitrogen and oxygen atoms in total. The van der Waals surface area contributed by atoms with Crippen molar-refractivity contribution in [2.24, 2.45) is 0 Å². The third kappa shape index (κ3) is 3.69. The van der Waals surface area contributed by atoms with Gasteiger partial charge in [0.2, 0.25) is 0 Å². The Labute approximate surface area is 130 Å². The van der Waals surface area contributed by atoms with E-state index in [1.165, 1.54) is 0 Å². The van der Waals surface area contributed by atoms with Gasteiger partial charge in [0.15, 0.2) is 6.61 Å². The zero-order valence-corrected chi connectivity index (χ0v) is 13.0. The minimum atomic E-state index is -0.266. The maximum Gasteiger partial charge on any atom is 0.262 e. The number of hydrogen-bond donors (Lipinski definition) is 2. The van der Waals surface area contributed by atoms with Crippen LogP contribution in [0.1, 0.15) is 11.1 Å². The second kappa shape index (κ2) is 6.85. The average Bonchev–Trinajstić information content (AvgIpc) is 2.50. The van der Waals surface area contributed by atoms with E-state index in [1.54, 1.807) is 25.3 Å². The fraction of sp³-hybridized carbons (Fsp3) is 0.235. The lowest BCUT2D eigenvalue weighted by Gasteiger charge is -2.12. The first-order valence-electron chi connectivity index (χ1n) is 6.93. The summed E-state index contributed by atoms with van der Waals surface area (Å²) in [4.78, 5) is 12.0. The van der Waals surface area contributed by atoms with Gasteiger partial charge in [0.1, 0.15) is 11.5 Å². The highest BCUT2D eigenvalue weighted by molar-refractivity contribution is 5.95. The second-order valence-corrected chi connectivity index (χ2v) is 4.99. The zero-order valence-electron chi connectivity index (χ0n) is 13.0. The van der Waals surface area contributed by atoms with Crippen molar-refractivity contribution in [1.82, 2.24) is 0 Å². The summed E-state index contributed by atoms with van der Waals surface area (Å²) in [5, 5.41) is 2.72. The highest BCUT2D eigenvalue weighted by Crippen LogP contribution is 2.24. The number of nitrogens with two attached hydrogens (primary N) is 1. The molecule has 0 bridgehead atoms. The lowest BCUT2D eigenvalue weighted by Crippen LogP contribution is -2.21. The number of anilines is 2. The van der Waals surface area contributed by atoms with Crippen LogP contribution >= 0.6 is 0 Å². The van der Waals surface area contributed by atoms with Crippen molar-refractivity contribution >= 4 is 17.3 Å². The molecule has 0 saturated heterocycles. The van der Waals surface area contributed by atoms with Crippen LogP contribution < -0.4 is 20.5 Å². The number of rotatable bonds is 5. The monoisotopic (exact) mass is 300 g/mol. The van der Waals surface area contributed by atoms with Gasteiger partial charge in [0, 0.05) is 6.07 Å².